The van der Waals surface area contributed by atoms with E-state index >= 15 is 0 Å². The van der Waals surface area contributed by atoms with Gasteiger partial charge in [-0.25, -0.2) is 4.99 Å². The number of nitrogens with zero attached hydrogens (tertiary/aromatic N) is 1. The molecule has 1 aliphatic heterocycles. The fourth-order valence-corrected chi connectivity index (χ4v) is 3.04. The Morgan fingerprint density at radius 1 is 1.15 bits per heavy atom. The number of para-hydroxylation sites is 1. The summed E-state index contributed by atoms with van der Waals surface area (Å²) < 4.78 is 5.96. The number of aliphatic hydroxyl groups is 1. The lowest BCUT2D eigenvalue weighted by Crippen LogP contribution is -2.43. The summed E-state index contributed by atoms with van der Waals surface area (Å²) >= 11 is 0. The zero-order valence-electron chi connectivity index (χ0n) is 15.4. The summed E-state index contributed by atoms with van der Waals surface area (Å²) in [7, 11) is 0. The molecular formula is C21H27N3O2. The monoisotopic (exact) mass is 353 g/mol. The second-order valence-electron chi connectivity index (χ2n) is 6.77. The second kappa shape index (κ2) is 8.23. The molecule has 2 aromatic rings. The number of fused-ring (bicyclic) bond motifs is 1. The highest BCUT2D eigenvalue weighted by atomic mass is 16.5. The van der Waals surface area contributed by atoms with Crippen molar-refractivity contribution in [2.24, 2.45) is 4.99 Å². The molecule has 26 heavy (non-hydrogen) atoms. The molecule has 2 atom stereocenters. The Kier molecular flexibility index (Phi) is 5.78. The zero-order valence-corrected chi connectivity index (χ0v) is 15.4. The number of rotatable bonds is 6. The van der Waals surface area contributed by atoms with E-state index in [2.05, 4.69) is 21.7 Å². The number of ether oxygens (including phenoxy) is 1. The standard InChI is InChI=1S/C21H27N3O2/c1-3-22-20(24-15-21(2,25)17-10-5-4-6-11-17)23-14-18-13-16-9-7-8-12-19(16)26-18/h4-12,18,25H,3,13-15H2,1-2H3,(H2,22,23,24). The predicted molar refractivity (Wildman–Crippen MR) is 105 cm³/mol. The lowest BCUT2D eigenvalue weighted by molar-refractivity contribution is 0.0672. The summed E-state index contributed by atoms with van der Waals surface area (Å²) in [4.78, 5) is 4.56. The Balaban J connectivity index is 1.58. The van der Waals surface area contributed by atoms with Crippen molar-refractivity contribution >= 4 is 5.96 Å². The van der Waals surface area contributed by atoms with Gasteiger partial charge in [-0.1, -0.05) is 48.5 Å². The number of nitrogens with one attached hydrogen (secondary N) is 2. The topological polar surface area (TPSA) is 65.9 Å². The predicted octanol–water partition coefficient (Wildman–Crippen LogP) is 2.45. The molecule has 0 spiro atoms. The van der Waals surface area contributed by atoms with Gasteiger partial charge in [0.2, 0.25) is 0 Å². The average Bonchev–Trinajstić information content (AvgIpc) is 3.08. The molecule has 0 saturated carbocycles. The van der Waals surface area contributed by atoms with Crippen molar-refractivity contribution in [1.82, 2.24) is 10.6 Å². The van der Waals surface area contributed by atoms with Crippen LogP contribution in [0.1, 0.15) is 25.0 Å². The molecule has 0 saturated heterocycles. The highest BCUT2D eigenvalue weighted by Crippen LogP contribution is 2.27. The van der Waals surface area contributed by atoms with Crippen LogP contribution in [0.3, 0.4) is 0 Å². The molecular weight excluding hydrogens is 326 g/mol. The largest absolute Gasteiger partial charge is 0.488 e. The van der Waals surface area contributed by atoms with E-state index in [4.69, 9.17) is 4.74 Å². The Labute approximate surface area is 155 Å². The maximum Gasteiger partial charge on any atom is 0.191 e. The molecule has 0 aromatic heterocycles. The zero-order chi connectivity index (χ0) is 18.4. The van der Waals surface area contributed by atoms with E-state index in [9.17, 15) is 5.11 Å². The van der Waals surface area contributed by atoms with Gasteiger partial charge in [0, 0.05) is 13.0 Å². The Hall–Kier alpha value is -2.53. The summed E-state index contributed by atoms with van der Waals surface area (Å²) in [5.41, 5.74) is 1.09. The Bertz CT molecular complexity index is 719. The van der Waals surface area contributed by atoms with Crippen molar-refractivity contribution in [2.75, 3.05) is 19.6 Å². The quantitative estimate of drug-likeness (QED) is 0.551. The molecule has 3 N–H and O–H groups in total. The van der Waals surface area contributed by atoms with Gasteiger partial charge in [0.25, 0.3) is 0 Å². The third-order valence-corrected chi connectivity index (χ3v) is 4.50. The number of hydrogen-bond acceptors (Lipinski definition) is 3. The maximum atomic E-state index is 10.7. The first-order chi connectivity index (χ1) is 12.6. The molecule has 5 nitrogen and oxygen atoms in total. The van der Waals surface area contributed by atoms with E-state index in [0.29, 0.717) is 12.5 Å². The average molecular weight is 353 g/mol. The molecule has 1 heterocycles. The van der Waals surface area contributed by atoms with Crippen molar-refractivity contribution in [3.8, 4) is 5.75 Å². The normalized spacial score (nSPS) is 18.6. The number of aliphatic imine (C=N–C) groups is 1. The van der Waals surface area contributed by atoms with Crippen molar-refractivity contribution in [2.45, 2.75) is 32.0 Å². The molecule has 0 amide bonds. The van der Waals surface area contributed by atoms with E-state index in [1.807, 2.05) is 55.5 Å². The third kappa shape index (κ3) is 4.55. The maximum absolute atomic E-state index is 10.7. The second-order valence-corrected chi connectivity index (χ2v) is 6.77. The van der Waals surface area contributed by atoms with Gasteiger partial charge in [0.1, 0.15) is 17.5 Å². The van der Waals surface area contributed by atoms with Gasteiger partial charge in [-0.15, -0.1) is 0 Å². The molecule has 0 aliphatic carbocycles. The molecule has 2 unspecified atom stereocenters. The lowest BCUT2D eigenvalue weighted by atomic mass is 9.96. The summed E-state index contributed by atoms with van der Waals surface area (Å²) in [6.07, 6.45) is 0.982. The van der Waals surface area contributed by atoms with Crippen LogP contribution in [-0.4, -0.2) is 36.8 Å². The van der Waals surface area contributed by atoms with E-state index in [-0.39, 0.29) is 12.6 Å². The summed E-state index contributed by atoms with van der Waals surface area (Å²) in [5.74, 6) is 1.65. The Morgan fingerprint density at radius 2 is 1.88 bits per heavy atom. The van der Waals surface area contributed by atoms with Crippen LogP contribution >= 0.6 is 0 Å². The smallest absolute Gasteiger partial charge is 0.191 e. The minimum atomic E-state index is -1.01. The minimum absolute atomic E-state index is 0.0888. The minimum Gasteiger partial charge on any atom is -0.488 e. The lowest BCUT2D eigenvalue weighted by Gasteiger charge is -2.23. The third-order valence-electron chi connectivity index (χ3n) is 4.50. The van der Waals surface area contributed by atoms with E-state index < -0.39 is 5.60 Å². The first-order valence-corrected chi connectivity index (χ1v) is 9.13. The van der Waals surface area contributed by atoms with Crippen LogP contribution in [0.2, 0.25) is 0 Å². The fourth-order valence-electron chi connectivity index (χ4n) is 3.04. The Morgan fingerprint density at radius 3 is 2.62 bits per heavy atom. The molecule has 0 radical (unpaired) electrons. The van der Waals surface area contributed by atoms with Gasteiger partial charge >= 0.3 is 0 Å². The number of hydrogen-bond donors (Lipinski definition) is 3. The SMILES string of the molecule is CCNC(=NCC(C)(O)c1ccccc1)NCC1Cc2ccccc2O1. The van der Waals surface area contributed by atoms with Gasteiger partial charge in [0.05, 0.1) is 13.1 Å². The van der Waals surface area contributed by atoms with Crippen LogP contribution in [-0.2, 0) is 12.0 Å². The highest BCUT2D eigenvalue weighted by Gasteiger charge is 2.24. The molecule has 0 bridgehead atoms. The number of benzene rings is 2. The summed E-state index contributed by atoms with van der Waals surface area (Å²) in [5, 5.41) is 17.3. The van der Waals surface area contributed by atoms with Crippen LogP contribution in [0.5, 0.6) is 5.75 Å². The number of guanidine groups is 1. The fraction of sp³-hybridized carbons (Fsp3) is 0.381. The first kappa shape index (κ1) is 18.3. The van der Waals surface area contributed by atoms with Crippen molar-refractivity contribution in [1.29, 1.82) is 0 Å². The molecule has 138 valence electrons. The van der Waals surface area contributed by atoms with Crippen molar-refractivity contribution in [3.05, 3.63) is 65.7 Å². The van der Waals surface area contributed by atoms with Crippen molar-refractivity contribution in [3.63, 3.8) is 0 Å². The molecule has 5 heteroatoms. The first-order valence-electron chi connectivity index (χ1n) is 9.13. The van der Waals surface area contributed by atoms with Gasteiger partial charge in [-0.2, -0.15) is 0 Å². The van der Waals surface area contributed by atoms with Gasteiger partial charge in [0.15, 0.2) is 5.96 Å². The molecule has 2 aromatic carbocycles. The van der Waals surface area contributed by atoms with E-state index in [1.54, 1.807) is 6.92 Å². The van der Waals surface area contributed by atoms with Crippen LogP contribution < -0.4 is 15.4 Å². The highest BCUT2D eigenvalue weighted by molar-refractivity contribution is 5.79. The van der Waals surface area contributed by atoms with E-state index in [0.717, 1.165) is 24.3 Å². The van der Waals surface area contributed by atoms with Gasteiger partial charge < -0.3 is 20.5 Å². The summed E-state index contributed by atoms with van der Waals surface area (Å²) in [6.45, 7) is 5.50. The van der Waals surface area contributed by atoms with Crippen LogP contribution in [0, 0.1) is 0 Å². The van der Waals surface area contributed by atoms with Crippen LogP contribution in [0.4, 0.5) is 0 Å². The molecule has 1 aliphatic rings. The molecule has 0 fully saturated rings. The van der Waals surface area contributed by atoms with Gasteiger partial charge in [-0.05, 0) is 31.0 Å². The van der Waals surface area contributed by atoms with Crippen LogP contribution in [0.15, 0.2) is 59.6 Å². The van der Waals surface area contributed by atoms with Crippen LogP contribution in [0.25, 0.3) is 0 Å². The van der Waals surface area contributed by atoms with Crippen molar-refractivity contribution < 1.29 is 9.84 Å². The van der Waals surface area contributed by atoms with Gasteiger partial charge in [-0.3, -0.25) is 0 Å². The van der Waals surface area contributed by atoms with E-state index in [1.165, 1.54) is 5.56 Å². The molecule has 3 rings (SSSR count). The summed E-state index contributed by atoms with van der Waals surface area (Å²) in [6, 6.07) is 17.8.